The molecule has 0 aliphatic carbocycles. The van der Waals surface area contributed by atoms with Gasteiger partial charge in [0.25, 0.3) is 0 Å². The molecule has 2 aromatic rings. The van der Waals surface area contributed by atoms with Crippen molar-refractivity contribution in [2.75, 3.05) is 6.54 Å². The van der Waals surface area contributed by atoms with Gasteiger partial charge in [-0.1, -0.05) is 42.5 Å². The highest BCUT2D eigenvalue weighted by molar-refractivity contribution is 5.87. The molecule has 154 valence electrons. The van der Waals surface area contributed by atoms with E-state index in [1.807, 2.05) is 35.2 Å². The van der Waals surface area contributed by atoms with E-state index in [-0.39, 0.29) is 23.6 Å². The van der Waals surface area contributed by atoms with Crippen LogP contribution < -0.4 is 0 Å². The molecular weight excluding hydrogens is 366 g/mol. The lowest BCUT2D eigenvalue weighted by atomic mass is 10.0. The van der Waals surface area contributed by atoms with Gasteiger partial charge in [-0.15, -0.1) is 0 Å². The van der Waals surface area contributed by atoms with Crippen LogP contribution in [0.1, 0.15) is 53.6 Å². The standard InChI is InChI=1S/C24H29NO4/c26-22(13-8-18-4-2-1-3-5-18)14-11-21-12-15-23(27)25(21)17-16-19-6-9-20(10-7-19)24(28)29/h1-7,9-10,21-22,26H,8,11-17H2,(H,28,29)/t21-,22-/m0/s1. The van der Waals surface area contributed by atoms with Crippen LogP contribution in [0.3, 0.4) is 0 Å². The molecule has 0 bridgehead atoms. The Morgan fingerprint density at radius 1 is 1.00 bits per heavy atom. The van der Waals surface area contributed by atoms with E-state index in [0.29, 0.717) is 25.8 Å². The number of amides is 1. The number of carboxylic acids is 1. The molecular formula is C24H29NO4. The fraction of sp³-hybridized carbons (Fsp3) is 0.417. The fourth-order valence-corrected chi connectivity index (χ4v) is 3.97. The zero-order valence-corrected chi connectivity index (χ0v) is 16.7. The number of hydrogen-bond acceptors (Lipinski definition) is 3. The maximum atomic E-state index is 12.3. The van der Waals surface area contributed by atoms with Crippen molar-refractivity contribution >= 4 is 11.9 Å². The Kier molecular flexibility index (Phi) is 7.42. The van der Waals surface area contributed by atoms with Crippen LogP contribution in [0, 0.1) is 0 Å². The van der Waals surface area contributed by atoms with Crippen LogP contribution in [0.4, 0.5) is 0 Å². The minimum Gasteiger partial charge on any atom is -0.478 e. The van der Waals surface area contributed by atoms with E-state index < -0.39 is 5.97 Å². The van der Waals surface area contributed by atoms with Crippen LogP contribution >= 0.6 is 0 Å². The van der Waals surface area contributed by atoms with Crippen molar-refractivity contribution in [3.63, 3.8) is 0 Å². The monoisotopic (exact) mass is 395 g/mol. The minimum atomic E-state index is -0.933. The fourth-order valence-electron chi connectivity index (χ4n) is 3.97. The van der Waals surface area contributed by atoms with Crippen molar-refractivity contribution in [1.29, 1.82) is 0 Å². The quantitative estimate of drug-likeness (QED) is 0.643. The zero-order valence-electron chi connectivity index (χ0n) is 16.7. The van der Waals surface area contributed by atoms with Gasteiger partial charge in [0, 0.05) is 19.0 Å². The third kappa shape index (κ3) is 6.16. The molecule has 29 heavy (non-hydrogen) atoms. The molecule has 1 heterocycles. The summed E-state index contributed by atoms with van der Waals surface area (Å²) >= 11 is 0. The molecule has 3 rings (SSSR count). The molecule has 2 atom stereocenters. The summed E-state index contributed by atoms with van der Waals surface area (Å²) in [7, 11) is 0. The van der Waals surface area contributed by atoms with Crippen LogP contribution in [0.25, 0.3) is 0 Å². The molecule has 0 spiro atoms. The number of aliphatic hydroxyl groups excluding tert-OH is 1. The van der Waals surface area contributed by atoms with Gasteiger partial charge in [0.1, 0.15) is 0 Å². The molecule has 0 aromatic heterocycles. The predicted octanol–water partition coefficient (Wildman–Crippen LogP) is 3.69. The SMILES string of the molecule is O=C(O)c1ccc(CCN2C(=O)CC[C@@H]2CC[C@@H](O)CCc2ccccc2)cc1. The van der Waals surface area contributed by atoms with E-state index in [4.69, 9.17) is 5.11 Å². The Hall–Kier alpha value is -2.66. The molecule has 1 saturated heterocycles. The van der Waals surface area contributed by atoms with Gasteiger partial charge < -0.3 is 15.1 Å². The van der Waals surface area contributed by atoms with Crippen molar-refractivity contribution in [3.8, 4) is 0 Å². The summed E-state index contributed by atoms with van der Waals surface area (Å²) in [6.45, 7) is 0.635. The molecule has 2 aromatic carbocycles. The Bertz CT molecular complexity index is 803. The number of benzene rings is 2. The molecule has 1 amide bonds. The third-order valence-corrected chi connectivity index (χ3v) is 5.74. The summed E-state index contributed by atoms with van der Waals surface area (Å²) < 4.78 is 0. The lowest BCUT2D eigenvalue weighted by Crippen LogP contribution is -2.35. The summed E-state index contributed by atoms with van der Waals surface area (Å²) in [6, 6.07) is 17.2. The number of aliphatic hydroxyl groups is 1. The molecule has 5 heteroatoms. The van der Waals surface area contributed by atoms with Crippen molar-refractivity contribution in [2.24, 2.45) is 0 Å². The first-order valence-electron chi connectivity index (χ1n) is 10.4. The molecule has 0 saturated carbocycles. The first-order chi connectivity index (χ1) is 14.0. The predicted molar refractivity (Wildman–Crippen MR) is 112 cm³/mol. The van der Waals surface area contributed by atoms with Crippen molar-refractivity contribution in [3.05, 3.63) is 71.3 Å². The maximum Gasteiger partial charge on any atom is 0.335 e. The number of aryl methyl sites for hydroxylation is 1. The second-order valence-corrected chi connectivity index (χ2v) is 7.79. The zero-order chi connectivity index (χ0) is 20.6. The number of carbonyl (C=O) groups is 2. The van der Waals surface area contributed by atoms with Gasteiger partial charge in [0.05, 0.1) is 11.7 Å². The number of hydrogen-bond donors (Lipinski definition) is 2. The van der Waals surface area contributed by atoms with Crippen molar-refractivity contribution < 1.29 is 19.8 Å². The van der Waals surface area contributed by atoms with Crippen LogP contribution in [0.15, 0.2) is 54.6 Å². The van der Waals surface area contributed by atoms with E-state index in [9.17, 15) is 14.7 Å². The lowest BCUT2D eigenvalue weighted by molar-refractivity contribution is -0.129. The summed E-state index contributed by atoms with van der Waals surface area (Å²) in [6.07, 6.45) is 4.90. The van der Waals surface area contributed by atoms with Gasteiger partial charge >= 0.3 is 5.97 Å². The minimum absolute atomic E-state index is 0.177. The van der Waals surface area contributed by atoms with Crippen molar-refractivity contribution in [1.82, 2.24) is 4.90 Å². The smallest absolute Gasteiger partial charge is 0.335 e. The van der Waals surface area contributed by atoms with Crippen LogP contribution in [0.2, 0.25) is 0 Å². The highest BCUT2D eigenvalue weighted by Gasteiger charge is 2.30. The molecule has 0 radical (unpaired) electrons. The van der Waals surface area contributed by atoms with Gasteiger partial charge in [-0.05, 0) is 61.8 Å². The lowest BCUT2D eigenvalue weighted by Gasteiger charge is -2.26. The summed E-state index contributed by atoms with van der Waals surface area (Å²) in [5.41, 5.74) is 2.53. The van der Waals surface area contributed by atoms with Crippen LogP contribution in [0.5, 0.6) is 0 Å². The average molecular weight is 395 g/mol. The highest BCUT2D eigenvalue weighted by Crippen LogP contribution is 2.24. The van der Waals surface area contributed by atoms with Crippen LogP contribution in [-0.2, 0) is 17.6 Å². The van der Waals surface area contributed by atoms with E-state index in [1.165, 1.54) is 5.56 Å². The number of aromatic carboxylic acids is 1. The molecule has 1 aliphatic heterocycles. The highest BCUT2D eigenvalue weighted by atomic mass is 16.4. The summed E-state index contributed by atoms with van der Waals surface area (Å²) in [4.78, 5) is 25.2. The first-order valence-corrected chi connectivity index (χ1v) is 10.4. The van der Waals surface area contributed by atoms with E-state index in [2.05, 4.69) is 12.1 Å². The van der Waals surface area contributed by atoms with Gasteiger partial charge in [-0.25, -0.2) is 4.79 Å². The number of rotatable bonds is 10. The Labute approximate surface area is 172 Å². The van der Waals surface area contributed by atoms with Gasteiger partial charge in [-0.2, -0.15) is 0 Å². The second kappa shape index (κ2) is 10.2. The second-order valence-electron chi connectivity index (χ2n) is 7.79. The number of nitrogens with zero attached hydrogens (tertiary/aromatic N) is 1. The molecule has 0 unspecified atom stereocenters. The van der Waals surface area contributed by atoms with Crippen molar-refractivity contribution in [2.45, 2.75) is 57.1 Å². The van der Waals surface area contributed by atoms with Gasteiger partial charge in [-0.3, -0.25) is 4.79 Å². The van der Waals surface area contributed by atoms with E-state index in [0.717, 1.165) is 31.2 Å². The Morgan fingerprint density at radius 3 is 2.38 bits per heavy atom. The topological polar surface area (TPSA) is 77.8 Å². The Balaban J connectivity index is 1.45. The largest absolute Gasteiger partial charge is 0.478 e. The van der Waals surface area contributed by atoms with Gasteiger partial charge in [0.15, 0.2) is 0 Å². The third-order valence-electron chi connectivity index (χ3n) is 5.74. The number of carbonyl (C=O) groups excluding carboxylic acids is 1. The maximum absolute atomic E-state index is 12.3. The van der Waals surface area contributed by atoms with Gasteiger partial charge in [0.2, 0.25) is 5.91 Å². The van der Waals surface area contributed by atoms with E-state index >= 15 is 0 Å². The average Bonchev–Trinajstić information content (AvgIpc) is 3.09. The normalized spacial score (nSPS) is 17.5. The molecule has 5 nitrogen and oxygen atoms in total. The number of likely N-dealkylation sites (tertiary alicyclic amines) is 1. The Morgan fingerprint density at radius 2 is 1.69 bits per heavy atom. The number of carboxylic acid groups (broad SMARTS) is 1. The van der Waals surface area contributed by atoms with E-state index in [1.54, 1.807) is 12.1 Å². The first kappa shape index (κ1) is 21.1. The molecule has 2 N–H and O–H groups in total. The molecule has 1 aliphatic rings. The summed E-state index contributed by atoms with van der Waals surface area (Å²) in [5.74, 6) is -0.756. The van der Waals surface area contributed by atoms with Crippen LogP contribution in [-0.4, -0.2) is 45.7 Å². The summed E-state index contributed by atoms with van der Waals surface area (Å²) in [5, 5.41) is 19.3. The molecule has 1 fully saturated rings.